The molecule has 0 atom stereocenters. The molecule has 132 valence electrons. The summed E-state index contributed by atoms with van der Waals surface area (Å²) < 4.78 is 12.9. The fourth-order valence-corrected chi connectivity index (χ4v) is 3.79. The number of para-hydroxylation sites is 1. The van der Waals surface area contributed by atoms with Gasteiger partial charge in [0, 0.05) is 23.4 Å². The van der Waals surface area contributed by atoms with Gasteiger partial charge >= 0.3 is 0 Å². The van der Waals surface area contributed by atoms with E-state index in [2.05, 4.69) is 15.2 Å². The van der Waals surface area contributed by atoms with Crippen molar-refractivity contribution in [2.24, 2.45) is 0 Å². The van der Waals surface area contributed by atoms with Crippen LogP contribution in [0.25, 0.3) is 16.4 Å². The maximum Gasteiger partial charge on any atom is 0.277 e. The van der Waals surface area contributed by atoms with Crippen LogP contribution in [0, 0.1) is 0 Å². The van der Waals surface area contributed by atoms with E-state index in [1.165, 1.54) is 33.6 Å². The Kier molecular flexibility index (Phi) is 4.72. The molecule has 0 aliphatic rings. The first-order valence-electron chi connectivity index (χ1n) is 7.89. The molecule has 4 rings (SSSR count). The highest BCUT2D eigenvalue weighted by molar-refractivity contribution is 7.98. The van der Waals surface area contributed by atoms with Gasteiger partial charge in [0.1, 0.15) is 5.75 Å². The third-order valence-corrected chi connectivity index (χ3v) is 5.13. The van der Waals surface area contributed by atoms with Gasteiger partial charge in [-0.3, -0.25) is 9.20 Å². The molecule has 4 aromatic rings. The van der Waals surface area contributed by atoms with Crippen molar-refractivity contribution in [2.45, 2.75) is 17.9 Å². The van der Waals surface area contributed by atoms with E-state index in [1.54, 1.807) is 6.20 Å². The monoisotopic (exact) mass is 386 g/mol. The predicted molar refractivity (Wildman–Crippen MR) is 99.8 cm³/mol. The fourth-order valence-electron chi connectivity index (χ4n) is 2.40. The van der Waals surface area contributed by atoms with Gasteiger partial charge in [-0.05, 0) is 19.1 Å². The van der Waals surface area contributed by atoms with Gasteiger partial charge in [-0.2, -0.15) is 0 Å². The van der Waals surface area contributed by atoms with E-state index in [0.29, 0.717) is 39.9 Å². The molecule has 0 unspecified atom stereocenters. The van der Waals surface area contributed by atoms with Crippen molar-refractivity contribution in [3.05, 3.63) is 58.0 Å². The Bertz CT molecular complexity index is 1100. The molecule has 0 fully saturated rings. The number of rotatable bonds is 6. The highest BCUT2D eigenvalue weighted by Gasteiger charge is 2.14. The summed E-state index contributed by atoms with van der Waals surface area (Å²) in [6.45, 7) is 2.48. The van der Waals surface area contributed by atoms with Gasteiger partial charge in [0.25, 0.3) is 16.7 Å². The minimum absolute atomic E-state index is 0.0938. The zero-order valence-electron chi connectivity index (χ0n) is 13.8. The number of aromatic nitrogens is 4. The van der Waals surface area contributed by atoms with Gasteiger partial charge in [0.15, 0.2) is 4.96 Å². The second-order valence-corrected chi connectivity index (χ2v) is 7.03. The molecule has 26 heavy (non-hydrogen) atoms. The lowest BCUT2D eigenvalue weighted by Gasteiger charge is -2.06. The van der Waals surface area contributed by atoms with Crippen molar-refractivity contribution >= 4 is 28.1 Å². The topological polar surface area (TPSA) is 82.5 Å². The Labute approximate surface area is 156 Å². The second kappa shape index (κ2) is 7.30. The van der Waals surface area contributed by atoms with Gasteiger partial charge in [-0.25, -0.2) is 4.98 Å². The number of hydrogen-bond acceptors (Lipinski definition) is 8. The Morgan fingerprint density at radius 2 is 2.19 bits per heavy atom. The van der Waals surface area contributed by atoms with E-state index in [0.717, 1.165) is 5.56 Å². The van der Waals surface area contributed by atoms with Crippen LogP contribution in [0.3, 0.4) is 0 Å². The molecule has 0 saturated carbocycles. The molecular weight excluding hydrogens is 372 g/mol. The highest BCUT2D eigenvalue weighted by atomic mass is 32.2. The fraction of sp³-hybridized carbons (Fsp3) is 0.176. The first-order chi connectivity index (χ1) is 12.7. The standard InChI is InChI=1S/C17H14N4O3S2/c1-2-23-13-6-4-3-5-12(13)15-19-20-17(24-15)26-10-11-9-14(22)21-7-8-25-16(21)18-11/h3-9H,2,10H2,1H3. The van der Waals surface area contributed by atoms with Crippen LogP contribution in [0.5, 0.6) is 5.75 Å². The summed E-state index contributed by atoms with van der Waals surface area (Å²) in [5, 5.41) is 10.4. The van der Waals surface area contributed by atoms with Crippen molar-refractivity contribution in [1.82, 2.24) is 19.6 Å². The van der Waals surface area contributed by atoms with Crippen molar-refractivity contribution in [3.63, 3.8) is 0 Å². The third-order valence-electron chi connectivity index (χ3n) is 3.52. The largest absolute Gasteiger partial charge is 0.493 e. The van der Waals surface area contributed by atoms with E-state index in [-0.39, 0.29) is 5.56 Å². The summed E-state index contributed by atoms with van der Waals surface area (Å²) >= 11 is 2.76. The summed E-state index contributed by atoms with van der Waals surface area (Å²) in [4.78, 5) is 17.2. The molecule has 0 spiro atoms. The van der Waals surface area contributed by atoms with Crippen LogP contribution in [0.4, 0.5) is 0 Å². The Balaban J connectivity index is 1.52. The van der Waals surface area contributed by atoms with Crippen LogP contribution in [0.15, 0.2) is 56.3 Å². The van der Waals surface area contributed by atoms with Crippen LogP contribution >= 0.6 is 23.1 Å². The molecule has 0 bridgehead atoms. The zero-order valence-corrected chi connectivity index (χ0v) is 15.4. The molecule has 0 aliphatic heterocycles. The Morgan fingerprint density at radius 3 is 3.08 bits per heavy atom. The summed E-state index contributed by atoms with van der Waals surface area (Å²) in [5.74, 6) is 1.57. The highest BCUT2D eigenvalue weighted by Crippen LogP contribution is 2.31. The van der Waals surface area contributed by atoms with Crippen molar-refractivity contribution < 1.29 is 9.15 Å². The minimum atomic E-state index is -0.0938. The van der Waals surface area contributed by atoms with Crippen molar-refractivity contribution in [1.29, 1.82) is 0 Å². The van der Waals surface area contributed by atoms with Crippen LogP contribution in [0.1, 0.15) is 12.6 Å². The van der Waals surface area contributed by atoms with Gasteiger partial charge in [-0.15, -0.1) is 21.5 Å². The smallest absolute Gasteiger partial charge is 0.277 e. The second-order valence-electron chi connectivity index (χ2n) is 5.23. The lowest BCUT2D eigenvalue weighted by atomic mass is 10.2. The quantitative estimate of drug-likeness (QED) is 0.469. The number of ether oxygens (including phenoxy) is 1. The summed E-state index contributed by atoms with van der Waals surface area (Å²) in [7, 11) is 0. The van der Waals surface area contributed by atoms with Gasteiger partial charge in [0.05, 0.1) is 17.9 Å². The Morgan fingerprint density at radius 1 is 1.31 bits per heavy atom. The molecular formula is C17H14N4O3S2. The molecule has 0 amide bonds. The van der Waals surface area contributed by atoms with Crippen LogP contribution in [-0.2, 0) is 5.75 Å². The van der Waals surface area contributed by atoms with E-state index in [9.17, 15) is 4.79 Å². The molecule has 7 nitrogen and oxygen atoms in total. The molecule has 3 heterocycles. The molecule has 0 aliphatic carbocycles. The molecule has 1 aromatic carbocycles. The third kappa shape index (κ3) is 3.35. The van der Waals surface area contributed by atoms with E-state index < -0.39 is 0 Å². The molecule has 0 radical (unpaired) electrons. The summed E-state index contributed by atoms with van der Waals surface area (Å²) in [5.41, 5.74) is 1.34. The summed E-state index contributed by atoms with van der Waals surface area (Å²) in [6, 6.07) is 9.05. The lowest BCUT2D eigenvalue weighted by Crippen LogP contribution is -2.12. The predicted octanol–water partition coefficient (Wildman–Crippen LogP) is 3.50. The van der Waals surface area contributed by atoms with E-state index in [4.69, 9.17) is 9.15 Å². The average molecular weight is 386 g/mol. The SMILES string of the molecule is CCOc1ccccc1-c1nnc(SCc2cc(=O)n3ccsc3n2)o1. The first kappa shape index (κ1) is 16.8. The first-order valence-corrected chi connectivity index (χ1v) is 9.75. The number of thiazole rings is 1. The maximum absolute atomic E-state index is 12.0. The Hall–Kier alpha value is -2.65. The van der Waals surface area contributed by atoms with Gasteiger partial charge < -0.3 is 9.15 Å². The van der Waals surface area contributed by atoms with Gasteiger partial charge in [-0.1, -0.05) is 23.9 Å². The molecule has 0 saturated heterocycles. The van der Waals surface area contributed by atoms with E-state index in [1.807, 2.05) is 36.6 Å². The average Bonchev–Trinajstić information content (AvgIpc) is 3.30. The van der Waals surface area contributed by atoms with Crippen LogP contribution < -0.4 is 10.3 Å². The van der Waals surface area contributed by atoms with Crippen molar-refractivity contribution in [3.8, 4) is 17.2 Å². The zero-order chi connectivity index (χ0) is 17.9. The van der Waals surface area contributed by atoms with Gasteiger partial charge in [0.2, 0.25) is 0 Å². The number of thioether (sulfide) groups is 1. The number of fused-ring (bicyclic) bond motifs is 1. The van der Waals surface area contributed by atoms with Crippen LogP contribution in [-0.4, -0.2) is 26.2 Å². The van der Waals surface area contributed by atoms with Crippen LogP contribution in [0.2, 0.25) is 0 Å². The molecule has 9 heteroatoms. The van der Waals surface area contributed by atoms with E-state index >= 15 is 0 Å². The molecule has 3 aromatic heterocycles. The number of hydrogen-bond donors (Lipinski definition) is 0. The minimum Gasteiger partial charge on any atom is -0.493 e. The lowest BCUT2D eigenvalue weighted by molar-refractivity contribution is 0.340. The maximum atomic E-state index is 12.0. The summed E-state index contributed by atoms with van der Waals surface area (Å²) in [6.07, 6.45) is 1.71. The number of nitrogens with zero attached hydrogens (tertiary/aromatic N) is 4. The number of benzene rings is 1. The molecule has 0 N–H and O–H groups in total. The van der Waals surface area contributed by atoms with Crippen molar-refractivity contribution in [2.75, 3.05) is 6.61 Å². The normalized spacial score (nSPS) is 11.1.